The first-order valence-corrected chi connectivity index (χ1v) is 11.2. The first kappa shape index (κ1) is 20.0. The number of aryl methyl sites for hydroxylation is 5. The summed E-state index contributed by atoms with van der Waals surface area (Å²) in [4.78, 5) is 13.2. The van der Waals surface area contributed by atoms with Crippen LogP contribution in [0.15, 0.2) is 18.3 Å². The molecule has 0 bridgehead atoms. The molecule has 1 N–H and O–H groups in total. The second-order valence-corrected chi connectivity index (χ2v) is 9.23. The molecule has 154 valence electrons. The lowest BCUT2D eigenvalue weighted by atomic mass is 10.0. The summed E-state index contributed by atoms with van der Waals surface area (Å²) >= 11 is 1.70. The van der Waals surface area contributed by atoms with Gasteiger partial charge >= 0.3 is 0 Å². The highest BCUT2D eigenvalue weighted by Gasteiger charge is 2.26. The van der Waals surface area contributed by atoms with Crippen molar-refractivity contribution in [3.8, 4) is 0 Å². The molecular formula is C22H30N6S. The van der Waals surface area contributed by atoms with Gasteiger partial charge in [-0.3, -0.25) is 14.6 Å². The molecule has 1 atom stereocenters. The smallest absolute Gasteiger partial charge is 0.187 e. The zero-order chi connectivity index (χ0) is 20.5. The number of likely N-dealkylation sites (tertiary alicyclic amines) is 1. The second-order valence-electron chi connectivity index (χ2n) is 8.02. The van der Waals surface area contributed by atoms with Gasteiger partial charge < -0.3 is 5.32 Å². The van der Waals surface area contributed by atoms with E-state index in [0.29, 0.717) is 5.92 Å². The maximum Gasteiger partial charge on any atom is 0.187 e. The SMILES string of the molecule is CCn1cc(CN2CC[C@@H](c3cc(Nc4nc(C)c(C)s4)cc(C)n3)C2)c(C)n1. The minimum Gasteiger partial charge on any atom is -0.331 e. The predicted molar refractivity (Wildman–Crippen MR) is 119 cm³/mol. The number of thiazole rings is 1. The molecule has 1 aliphatic rings. The molecule has 0 unspecified atom stereocenters. The maximum atomic E-state index is 4.86. The Labute approximate surface area is 177 Å². The summed E-state index contributed by atoms with van der Waals surface area (Å²) in [7, 11) is 0. The summed E-state index contributed by atoms with van der Waals surface area (Å²) in [6.07, 6.45) is 3.33. The van der Waals surface area contributed by atoms with E-state index < -0.39 is 0 Å². The quantitative estimate of drug-likeness (QED) is 0.637. The third-order valence-corrected chi connectivity index (χ3v) is 6.70. The van der Waals surface area contributed by atoms with Gasteiger partial charge in [-0.25, -0.2) is 4.98 Å². The fourth-order valence-corrected chi connectivity index (χ4v) is 4.79. The number of hydrogen-bond acceptors (Lipinski definition) is 6. The number of hydrogen-bond donors (Lipinski definition) is 1. The van der Waals surface area contributed by atoms with Crippen LogP contribution in [0.25, 0.3) is 0 Å². The van der Waals surface area contributed by atoms with Gasteiger partial charge in [0.15, 0.2) is 5.13 Å². The standard InChI is InChI=1S/C22H30N6S/c1-6-28-13-19(16(4)26-28)12-27-8-7-18(11-27)21-10-20(9-14(2)23-21)25-22-24-15(3)17(5)29-22/h9-10,13,18H,6-8,11-12H2,1-5H3,(H,23,24,25)/t18-/m1/s1. The van der Waals surface area contributed by atoms with Crippen molar-refractivity contribution < 1.29 is 0 Å². The molecule has 1 saturated heterocycles. The van der Waals surface area contributed by atoms with Crippen molar-refractivity contribution in [2.24, 2.45) is 0 Å². The molecule has 0 aromatic carbocycles. The van der Waals surface area contributed by atoms with E-state index in [1.165, 1.54) is 16.1 Å². The Kier molecular flexibility index (Phi) is 5.69. The number of aromatic nitrogens is 4. The van der Waals surface area contributed by atoms with Crippen LogP contribution in [0.1, 0.15) is 52.5 Å². The maximum absolute atomic E-state index is 4.86. The molecule has 4 heterocycles. The summed E-state index contributed by atoms with van der Waals surface area (Å²) in [6, 6.07) is 4.30. The number of rotatable bonds is 6. The highest BCUT2D eigenvalue weighted by atomic mass is 32.1. The van der Waals surface area contributed by atoms with Gasteiger partial charge in [0.05, 0.1) is 11.4 Å². The lowest BCUT2D eigenvalue weighted by molar-refractivity contribution is 0.325. The van der Waals surface area contributed by atoms with Crippen molar-refractivity contribution in [3.05, 3.63) is 51.5 Å². The molecular weight excluding hydrogens is 380 g/mol. The topological polar surface area (TPSA) is 58.9 Å². The van der Waals surface area contributed by atoms with E-state index in [4.69, 9.17) is 4.98 Å². The third-order valence-electron chi connectivity index (χ3n) is 5.71. The lowest BCUT2D eigenvalue weighted by Crippen LogP contribution is -2.20. The molecule has 3 aromatic rings. The Bertz CT molecular complexity index is 985. The van der Waals surface area contributed by atoms with Gasteiger partial charge in [-0.1, -0.05) is 0 Å². The van der Waals surface area contributed by atoms with E-state index in [0.717, 1.165) is 60.5 Å². The van der Waals surface area contributed by atoms with E-state index in [1.807, 2.05) is 4.68 Å². The normalized spacial score (nSPS) is 17.2. The van der Waals surface area contributed by atoms with E-state index >= 15 is 0 Å². The lowest BCUT2D eigenvalue weighted by Gasteiger charge is -2.16. The second kappa shape index (κ2) is 8.24. The molecule has 1 fully saturated rings. The first-order chi connectivity index (χ1) is 13.9. The Morgan fingerprint density at radius 3 is 2.66 bits per heavy atom. The Morgan fingerprint density at radius 2 is 1.97 bits per heavy atom. The summed E-state index contributed by atoms with van der Waals surface area (Å²) in [6.45, 7) is 14.5. The molecule has 4 rings (SSSR count). The fourth-order valence-electron chi connectivity index (χ4n) is 3.96. The van der Waals surface area contributed by atoms with Gasteiger partial charge in [-0.05, 0) is 59.7 Å². The number of anilines is 2. The molecule has 6 nitrogen and oxygen atoms in total. The fraction of sp³-hybridized carbons (Fsp3) is 0.500. The Balaban J connectivity index is 1.45. The van der Waals surface area contributed by atoms with Gasteiger partial charge in [0, 0.05) is 59.3 Å². The van der Waals surface area contributed by atoms with Crippen LogP contribution in [-0.4, -0.2) is 37.7 Å². The Hall–Kier alpha value is -2.25. The van der Waals surface area contributed by atoms with E-state index in [2.05, 4.69) is 73.2 Å². The molecule has 1 aliphatic heterocycles. The largest absolute Gasteiger partial charge is 0.331 e. The van der Waals surface area contributed by atoms with Crippen LogP contribution in [0.2, 0.25) is 0 Å². The van der Waals surface area contributed by atoms with Crippen molar-refractivity contribution in [2.75, 3.05) is 18.4 Å². The zero-order valence-corrected chi connectivity index (χ0v) is 18.8. The van der Waals surface area contributed by atoms with Crippen LogP contribution in [0.3, 0.4) is 0 Å². The first-order valence-electron chi connectivity index (χ1n) is 10.4. The molecule has 0 aliphatic carbocycles. The van der Waals surface area contributed by atoms with Crippen LogP contribution in [0, 0.1) is 27.7 Å². The van der Waals surface area contributed by atoms with Gasteiger partial charge in [0.25, 0.3) is 0 Å². The van der Waals surface area contributed by atoms with Crippen molar-refractivity contribution in [1.82, 2.24) is 24.6 Å². The van der Waals surface area contributed by atoms with Crippen LogP contribution >= 0.6 is 11.3 Å². The van der Waals surface area contributed by atoms with Crippen molar-refractivity contribution >= 4 is 22.2 Å². The van der Waals surface area contributed by atoms with Gasteiger partial charge in [0.2, 0.25) is 0 Å². The zero-order valence-electron chi connectivity index (χ0n) is 18.0. The van der Waals surface area contributed by atoms with Crippen LogP contribution < -0.4 is 5.32 Å². The molecule has 0 spiro atoms. The van der Waals surface area contributed by atoms with Crippen molar-refractivity contribution in [2.45, 2.75) is 60.0 Å². The van der Waals surface area contributed by atoms with Crippen LogP contribution in [0.4, 0.5) is 10.8 Å². The van der Waals surface area contributed by atoms with Crippen LogP contribution in [-0.2, 0) is 13.1 Å². The molecule has 7 heteroatoms. The highest BCUT2D eigenvalue weighted by molar-refractivity contribution is 7.15. The van der Waals surface area contributed by atoms with E-state index in [9.17, 15) is 0 Å². The molecule has 0 amide bonds. The summed E-state index contributed by atoms with van der Waals surface area (Å²) < 4.78 is 2.03. The average molecular weight is 411 g/mol. The van der Waals surface area contributed by atoms with Crippen molar-refractivity contribution in [1.29, 1.82) is 0 Å². The van der Waals surface area contributed by atoms with Gasteiger partial charge in [-0.2, -0.15) is 5.10 Å². The molecule has 0 saturated carbocycles. The van der Waals surface area contributed by atoms with Gasteiger partial charge in [0.1, 0.15) is 0 Å². The van der Waals surface area contributed by atoms with Gasteiger partial charge in [-0.15, -0.1) is 11.3 Å². The van der Waals surface area contributed by atoms with E-state index in [1.54, 1.807) is 11.3 Å². The molecule has 0 radical (unpaired) electrons. The summed E-state index contributed by atoms with van der Waals surface area (Å²) in [5.41, 5.74) is 6.89. The monoisotopic (exact) mass is 410 g/mol. The minimum absolute atomic E-state index is 0.469. The number of nitrogens with one attached hydrogen (secondary N) is 1. The summed E-state index contributed by atoms with van der Waals surface area (Å²) in [5, 5.41) is 9.02. The van der Waals surface area contributed by atoms with Crippen LogP contribution in [0.5, 0.6) is 0 Å². The average Bonchev–Trinajstić information content (AvgIpc) is 3.35. The third kappa shape index (κ3) is 4.51. The summed E-state index contributed by atoms with van der Waals surface area (Å²) in [5.74, 6) is 0.469. The molecule has 3 aromatic heterocycles. The predicted octanol–water partition coefficient (Wildman–Crippen LogP) is 4.72. The van der Waals surface area contributed by atoms with E-state index in [-0.39, 0.29) is 0 Å². The van der Waals surface area contributed by atoms with Crippen molar-refractivity contribution in [3.63, 3.8) is 0 Å². The highest BCUT2D eigenvalue weighted by Crippen LogP contribution is 2.31. The molecule has 29 heavy (non-hydrogen) atoms. The minimum atomic E-state index is 0.469. The number of nitrogens with zero attached hydrogens (tertiary/aromatic N) is 5. The number of pyridine rings is 1. The Morgan fingerprint density at radius 1 is 1.14 bits per heavy atom.